The van der Waals surface area contributed by atoms with E-state index in [1.807, 2.05) is 30.2 Å². The zero-order valence-electron chi connectivity index (χ0n) is 14.1. The van der Waals surface area contributed by atoms with Gasteiger partial charge in [0.1, 0.15) is 0 Å². The Labute approximate surface area is 144 Å². The summed E-state index contributed by atoms with van der Waals surface area (Å²) in [5.41, 5.74) is 2.84. The molecule has 0 unspecified atom stereocenters. The minimum absolute atomic E-state index is 0.195. The van der Waals surface area contributed by atoms with Gasteiger partial charge < -0.3 is 0 Å². The van der Waals surface area contributed by atoms with E-state index in [1.165, 1.54) is 35.3 Å². The number of benzene rings is 1. The number of unbranched alkanes of at least 4 members (excludes halogenated alkanes) is 1. The van der Waals surface area contributed by atoms with E-state index in [4.69, 9.17) is 0 Å². The van der Waals surface area contributed by atoms with Gasteiger partial charge in [-0.3, -0.25) is 10.3 Å². The van der Waals surface area contributed by atoms with Gasteiger partial charge in [0.2, 0.25) is 0 Å². The zero-order valence-corrected chi connectivity index (χ0v) is 14.9. The highest BCUT2D eigenvalue weighted by Gasteiger charge is 2.35. The Morgan fingerprint density at radius 3 is 2.83 bits per heavy atom. The van der Waals surface area contributed by atoms with E-state index in [0.717, 1.165) is 12.2 Å². The van der Waals surface area contributed by atoms with E-state index in [2.05, 4.69) is 54.5 Å². The number of aromatic nitrogens is 1. The molecule has 0 fully saturated rings. The first-order chi connectivity index (χ1) is 11.3. The second-order valence-corrected chi connectivity index (χ2v) is 7.44. The lowest BCUT2D eigenvalue weighted by Gasteiger charge is -2.36. The molecule has 3 heteroatoms. The van der Waals surface area contributed by atoms with Gasteiger partial charge in [0.15, 0.2) is 0 Å². The van der Waals surface area contributed by atoms with Gasteiger partial charge >= 0.3 is 0 Å². The van der Waals surface area contributed by atoms with Gasteiger partial charge in [-0.1, -0.05) is 51.0 Å². The maximum absolute atomic E-state index is 4.35. The first kappa shape index (κ1) is 16.5. The second kappa shape index (κ2) is 7.50. The second-order valence-electron chi connectivity index (χ2n) is 6.43. The standard InChI is InChI=1S/C20H26N2S/c1-3-5-12-20(4-2)15-23-18-11-7-6-10-17(18)19(22-20)16-9-8-13-21-14-16/h6-11,13-14,19,22H,3-5,12,15H2,1-2H3/t19-,20-/m1/s1. The molecule has 0 saturated carbocycles. The lowest BCUT2D eigenvalue weighted by molar-refractivity contribution is 0.297. The fourth-order valence-corrected chi connectivity index (χ4v) is 4.73. The van der Waals surface area contributed by atoms with E-state index >= 15 is 0 Å². The quantitative estimate of drug-likeness (QED) is 0.817. The molecule has 0 spiro atoms. The molecule has 1 N–H and O–H groups in total. The summed E-state index contributed by atoms with van der Waals surface area (Å²) < 4.78 is 0. The number of pyridine rings is 1. The topological polar surface area (TPSA) is 24.9 Å². The van der Waals surface area contributed by atoms with Crippen LogP contribution in [0.4, 0.5) is 0 Å². The Bertz CT molecular complexity index is 629. The van der Waals surface area contributed by atoms with Crippen molar-refractivity contribution in [2.45, 2.75) is 56.0 Å². The summed E-state index contributed by atoms with van der Waals surface area (Å²) in [7, 11) is 0. The summed E-state index contributed by atoms with van der Waals surface area (Å²) in [4.78, 5) is 5.76. The Balaban J connectivity index is 2.01. The number of hydrogen-bond donors (Lipinski definition) is 1. The molecule has 1 aromatic heterocycles. The maximum atomic E-state index is 4.35. The predicted molar refractivity (Wildman–Crippen MR) is 98.9 cm³/mol. The molecule has 23 heavy (non-hydrogen) atoms. The molecule has 3 rings (SSSR count). The number of rotatable bonds is 5. The van der Waals surface area contributed by atoms with E-state index in [1.54, 1.807) is 0 Å². The molecular formula is C20H26N2S. The molecular weight excluding hydrogens is 300 g/mol. The monoisotopic (exact) mass is 326 g/mol. The molecule has 0 saturated heterocycles. The lowest BCUT2D eigenvalue weighted by Crippen LogP contribution is -2.48. The van der Waals surface area contributed by atoms with E-state index in [-0.39, 0.29) is 11.6 Å². The third kappa shape index (κ3) is 3.61. The van der Waals surface area contributed by atoms with Crippen molar-refractivity contribution in [3.05, 3.63) is 59.9 Å². The number of fused-ring (bicyclic) bond motifs is 1. The molecule has 2 heterocycles. The van der Waals surface area contributed by atoms with Crippen LogP contribution < -0.4 is 5.32 Å². The normalized spacial score (nSPS) is 24.0. The minimum atomic E-state index is 0.195. The van der Waals surface area contributed by atoms with Crippen LogP contribution in [0.2, 0.25) is 0 Å². The van der Waals surface area contributed by atoms with Crippen LogP contribution in [-0.4, -0.2) is 16.3 Å². The molecule has 0 aliphatic carbocycles. The van der Waals surface area contributed by atoms with Crippen LogP contribution in [-0.2, 0) is 0 Å². The fourth-order valence-electron chi connectivity index (χ4n) is 3.34. The van der Waals surface area contributed by atoms with E-state index in [9.17, 15) is 0 Å². The van der Waals surface area contributed by atoms with E-state index < -0.39 is 0 Å². The molecule has 0 amide bonds. The number of nitrogens with zero attached hydrogens (tertiary/aromatic N) is 1. The van der Waals surface area contributed by atoms with Crippen LogP contribution in [0, 0.1) is 0 Å². The first-order valence-electron chi connectivity index (χ1n) is 8.67. The van der Waals surface area contributed by atoms with Gasteiger partial charge in [0.05, 0.1) is 6.04 Å². The van der Waals surface area contributed by atoms with Crippen molar-refractivity contribution < 1.29 is 0 Å². The Morgan fingerprint density at radius 2 is 2.09 bits per heavy atom. The summed E-state index contributed by atoms with van der Waals surface area (Å²) in [6.45, 7) is 4.60. The Hall–Kier alpha value is -1.32. The molecule has 1 aliphatic rings. The van der Waals surface area contributed by atoms with E-state index in [0.29, 0.717) is 0 Å². The molecule has 0 radical (unpaired) electrons. The highest BCUT2D eigenvalue weighted by atomic mass is 32.2. The van der Waals surface area contributed by atoms with Crippen LogP contribution in [0.25, 0.3) is 0 Å². The van der Waals surface area contributed by atoms with Gasteiger partial charge in [0.25, 0.3) is 0 Å². The molecule has 0 bridgehead atoms. The van der Waals surface area contributed by atoms with Gasteiger partial charge in [-0.15, -0.1) is 11.8 Å². The summed E-state index contributed by atoms with van der Waals surface area (Å²) >= 11 is 2.01. The fraction of sp³-hybridized carbons (Fsp3) is 0.450. The third-order valence-electron chi connectivity index (χ3n) is 4.89. The SMILES string of the molecule is CCCC[C@]1(CC)CSc2ccccc2[C@@H](c2cccnc2)N1. The largest absolute Gasteiger partial charge is 0.300 e. The molecule has 1 aliphatic heterocycles. The summed E-state index contributed by atoms with van der Waals surface area (Å²) in [5, 5.41) is 4.03. The average molecular weight is 327 g/mol. The van der Waals surface area contributed by atoms with Crippen molar-refractivity contribution in [1.82, 2.24) is 10.3 Å². The number of hydrogen-bond acceptors (Lipinski definition) is 3. The Kier molecular flexibility index (Phi) is 5.39. The van der Waals surface area contributed by atoms with Crippen molar-refractivity contribution in [1.29, 1.82) is 0 Å². The minimum Gasteiger partial charge on any atom is -0.300 e. The van der Waals surface area contributed by atoms with Crippen molar-refractivity contribution in [2.24, 2.45) is 0 Å². The molecule has 122 valence electrons. The van der Waals surface area contributed by atoms with Gasteiger partial charge in [0, 0.05) is 28.6 Å². The van der Waals surface area contributed by atoms with Crippen molar-refractivity contribution in [3.8, 4) is 0 Å². The van der Waals surface area contributed by atoms with Crippen LogP contribution in [0.3, 0.4) is 0 Å². The molecule has 2 aromatic rings. The third-order valence-corrected chi connectivity index (χ3v) is 6.27. The van der Waals surface area contributed by atoms with Gasteiger partial charge in [-0.25, -0.2) is 0 Å². The van der Waals surface area contributed by atoms with Gasteiger partial charge in [-0.2, -0.15) is 0 Å². The smallest absolute Gasteiger partial charge is 0.0607 e. The highest BCUT2D eigenvalue weighted by molar-refractivity contribution is 7.99. The molecule has 2 atom stereocenters. The number of nitrogens with one attached hydrogen (secondary N) is 1. The lowest BCUT2D eigenvalue weighted by atomic mass is 9.88. The molecule has 1 aromatic carbocycles. The van der Waals surface area contributed by atoms with Gasteiger partial charge in [-0.05, 0) is 36.1 Å². The van der Waals surface area contributed by atoms with Crippen LogP contribution >= 0.6 is 11.8 Å². The summed E-state index contributed by atoms with van der Waals surface area (Å²) in [6.07, 6.45) is 8.77. The summed E-state index contributed by atoms with van der Waals surface area (Å²) in [5.74, 6) is 1.14. The van der Waals surface area contributed by atoms with Crippen molar-refractivity contribution in [2.75, 3.05) is 5.75 Å². The van der Waals surface area contributed by atoms with Crippen LogP contribution in [0.15, 0.2) is 53.7 Å². The van der Waals surface area contributed by atoms with Crippen molar-refractivity contribution >= 4 is 11.8 Å². The van der Waals surface area contributed by atoms with Crippen molar-refractivity contribution in [3.63, 3.8) is 0 Å². The first-order valence-corrected chi connectivity index (χ1v) is 9.66. The van der Waals surface area contributed by atoms with Crippen LogP contribution in [0.5, 0.6) is 0 Å². The summed E-state index contributed by atoms with van der Waals surface area (Å²) in [6, 6.07) is 13.3. The van der Waals surface area contributed by atoms with Crippen LogP contribution in [0.1, 0.15) is 56.7 Å². The highest BCUT2D eigenvalue weighted by Crippen LogP contribution is 2.40. The molecule has 2 nitrogen and oxygen atoms in total. The predicted octanol–water partition coefficient (Wildman–Crippen LogP) is 5.21. The maximum Gasteiger partial charge on any atom is 0.0607 e. The Morgan fingerprint density at radius 1 is 1.22 bits per heavy atom. The average Bonchev–Trinajstić information content (AvgIpc) is 2.79. The number of thioether (sulfide) groups is 1. The zero-order chi connectivity index (χ0) is 16.1.